The number of hydrogen-bond acceptors (Lipinski definition) is 5. The number of rotatable bonds is 4. The second-order valence-electron chi connectivity index (χ2n) is 8.46. The largest absolute Gasteiger partial charge is 0.488 e. The van der Waals surface area contributed by atoms with E-state index in [0.717, 1.165) is 0 Å². The lowest BCUT2D eigenvalue weighted by molar-refractivity contribution is -0.0231. The number of esters is 1. The fraction of sp³-hybridized carbons (Fsp3) is 0.417. The molecule has 0 aromatic heterocycles. The van der Waals surface area contributed by atoms with Crippen LogP contribution in [0.15, 0.2) is 42.5 Å². The number of methoxy groups -OCH3 is 1. The van der Waals surface area contributed by atoms with E-state index in [1.165, 1.54) is 19.2 Å². The zero-order chi connectivity index (χ0) is 22.1. The maximum Gasteiger partial charge on any atom is 0.337 e. The molecule has 1 aliphatic heterocycles. The van der Waals surface area contributed by atoms with Gasteiger partial charge in [0.05, 0.1) is 18.8 Å². The molecule has 0 radical (unpaired) electrons. The van der Waals surface area contributed by atoms with Crippen molar-refractivity contribution < 1.29 is 28.6 Å². The highest BCUT2D eigenvalue weighted by atomic mass is 19.1. The Hall–Kier alpha value is -2.93. The Labute approximate surface area is 180 Å². The van der Waals surface area contributed by atoms with Gasteiger partial charge in [0.2, 0.25) is 0 Å². The molecule has 1 amide bonds. The average molecular weight is 427 g/mol. The summed E-state index contributed by atoms with van der Waals surface area (Å²) in [6.45, 7) is 2.88. The number of aryl methyl sites for hydroxylation is 1. The summed E-state index contributed by atoms with van der Waals surface area (Å²) in [7, 11) is 1.33. The van der Waals surface area contributed by atoms with Crippen LogP contribution in [0.25, 0.3) is 0 Å². The number of aliphatic hydroxyl groups is 1. The molecule has 2 aliphatic rings. The molecule has 164 valence electrons. The molecule has 0 bridgehead atoms. The van der Waals surface area contributed by atoms with Gasteiger partial charge in [0.15, 0.2) is 0 Å². The number of likely N-dealkylation sites (tertiary alicyclic amines) is 1. The first-order chi connectivity index (χ1) is 14.8. The normalized spacial score (nSPS) is 25.1. The van der Waals surface area contributed by atoms with E-state index < -0.39 is 24.0 Å². The number of nitrogens with zero attached hydrogens (tertiary/aromatic N) is 1. The molecule has 0 spiro atoms. The van der Waals surface area contributed by atoms with Gasteiger partial charge in [0.25, 0.3) is 5.91 Å². The number of hydrogen-bond donors (Lipinski definition) is 1. The van der Waals surface area contributed by atoms with Gasteiger partial charge in [0, 0.05) is 18.7 Å². The van der Waals surface area contributed by atoms with Crippen LogP contribution in [-0.2, 0) is 4.74 Å². The predicted octanol–water partition coefficient (Wildman–Crippen LogP) is 3.21. The number of aliphatic hydroxyl groups excluding tert-OH is 1. The van der Waals surface area contributed by atoms with Gasteiger partial charge in [-0.1, -0.05) is 0 Å². The SMILES string of the molecule is COC(=O)c1ccc(O[C@H]2C[C@@H]3CN(C(=O)c4cc(C)cc(F)c4)C[C@@H]3C[C@@H]2O)cc1. The van der Waals surface area contributed by atoms with Gasteiger partial charge in [0.1, 0.15) is 17.7 Å². The molecule has 4 rings (SSSR count). The maximum absolute atomic E-state index is 13.7. The lowest BCUT2D eigenvalue weighted by Crippen LogP contribution is -2.42. The summed E-state index contributed by atoms with van der Waals surface area (Å²) in [4.78, 5) is 26.2. The van der Waals surface area contributed by atoms with Crippen molar-refractivity contribution in [1.82, 2.24) is 4.90 Å². The molecule has 1 N–H and O–H groups in total. The zero-order valence-electron chi connectivity index (χ0n) is 17.6. The number of carbonyl (C=O) groups excluding carboxylic acids is 2. The first-order valence-corrected chi connectivity index (χ1v) is 10.4. The fourth-order valence-corrected chi connectivity index (χ4v) is 4.69. The third kappa shape index (κ3) is 4.56. The van der Waals surface area contributed by atoms with Crippen LogP contribution in [0.5, 0.6) is 5.75 Å². The van der Waals surface area contributed by atoms with E-state index in [9.17, 15) is 19.1 Å². The van der Waals surface area contributed by atoms with Crippen molar-refractivity contribution in [3.05, 3.63) is 65.0 Å². The van der Waals surface area contributed by atoms with Crippen LogP contribution in [0.1, 0.15) is 39.1 Å². The quantitative estimate of drug-likeness (QED) is 0.759. The molecule has 2 fully saturated rings. The first-order valence-electron chi connectivity index (χ1n) is 10.4. The van der Waals surface area contributed by atoms with Crippen molar-refractivity contribution in [3.8, 4) is 5.75 Å². The molecule has 1 saturated carbocycles. The molecular formula is C24H26FNO5. The van der Waals surface area contributed by atoms with Crippen molar-refractivity contribution in [1.29, 1.82) is 0 Å². The topological polar surface area (TPSA) is 76.1 Å². The molecule has 2 aromatic carbocycles. The molecule has 6 nitrogen and oxygen atoms in total. The minimum Gasteiger partial charge on any atom is -0.488 e. The van der Waals surface area contributed by atoms with Gasteiger partial charge in [-0.25, -0.2) is 9.18 Å². The third-order valence-electron chi connectivity index (χ3n) is 6.22. The standard InChI is InChI=1S/C24H26FNO5/c1-14-7-16(9-19(25)8-14)23(28)26-12-17-10-21(27)22(11-18(17)13-26)31-20-5-3-15(4-6-20)24(29)30-2/h3-9,17-18,21-22,27H,10-13H2,1-2H3/t17-,18+,21-,22-/m0/s1. The van der Waals surface area contributed by atoms with E-state index >= 15 is 0 Å². The molecule has 4 atom stereocenters. The summed E-state index contributed by atoms with van der Waals surface area (Å²) in [6.07, 6.45) is 0.127. The van der Waals surface area contributed by atoms with Gasteiger partial charge < -0.3 is 19.5 Å². The highest BCUT2D eigenvalue weighted by molar-refractivity contribution is 5.94. The van der Waals surface area contributed by atoms with E-state index in [0.29, 0.717) is 48.4 Å². The third-order valence-corrected chi connectivity index (χ3v) is 6.22. The Morgan fingerprint density at radius 1 is 1.03 bits per heavy atom. The van der Waals surface area contributed by atoms with Gasteiger partial charge in [-0.3, -0.25) is 4.79 Å². The Balaban J connectivity index is 1.41. The summed E-state index contributed by atoms with van der Waals surface area (Å²) in [6, 6.07) is 11.0. The molecule has 1 aliphatic carbocycles. The summed E-state index contributed by atoms with van der Waals surface area (Å²) in [5.74, 6) is -0.0476. The number of carbonyl (C=O) groups is 2. The second kappa shape index (κ2) is 8.67. The minimum atomic E-state index is -0.645. The first kappa shape index (κ1) is 21.3. The van der Waals surface area contributed by atoms with Crippen molar-refractivity contribution in [3.63, 3.8) is 0 Å². The minimum absolute atomic E-state index is 0.178. The lowest BCUT2D eigenvalue weighted by Gasteiger charge is -2.35. The smallest absolute Gasteiger partial charge is 0.337 e. The Morgan fingerprint density at radius 3 is 2.35 bits per heavy atom. The lowest BCUT2D eigenvalue weighted by atomic mass is 9.78. The summed E-state index contributed by atoms with van der Waals surface area (Å²) >= 11 is 0. The van der Waals surface area contributed by atoms with Crippen molar-refractivity contribution in [2.75, 3.05) is 20.2 Å². The van der Waals surface area contributed by atoms with Gasteiger partial charge in [-0.15, -0.1) is 0 Å². The number of amides is 1. The number of benzene rings is 2. The average Bonchev–Trinajstić information content (AvgIpc) is 3.15. The summed E-state index contributed by atoms with van der Waals surface area (Å²) in [5, 5.41) is 10.6. The molecule has 7 heteroatoms. The molecule has 1 saturated heterocycles. The van der Waals surface area contributed by atoms with Crippen LogP contribution in [-0.4, -0.2) is 54.3 Å². The van der Waals surface area contributed by atoms with Crippen molar-refractivity contribution in [2.24, 2.45) is 11.8 Å². The van der Waals surface area contributed by atoms with Crippen LogP contribution < -0.4 is 4.74 Å². The fourth-order valence-electron chi connectivity index (χ4n) is 4.69. The second-order valence-corrected chi connectivity index (χ2v) is 8.46. The van der Waals surface area contributed by atoms with Crippen LogP contribution in [0.2, 0.25) is 0 Å². The molecule has 31 heavy (non-hydrogen) atoms. The molecular weight excluding hydrogens is 401 g/mol. The highest BCUT2D eigenvalue weighted by Crippen LogP contribution is 2.38. The maximum atomic E-state index is 13.7. The Bertz CT molecular complexity index is 956. The number of halogens is 1. The monoisotopic (exact) mass is 427 g/mol. The van der Waals surface area contributed by atoms with Crippen molar-refractivity contribution >= 4 is 11.9 Å². The molecule has 1 heterocycles. The van der Waals surface area contributed by atoms with Crippen LogP contribution >= 0.6 is 0 Å². The predicted molar refractivity (Wildman–Crippen MR) is 111 cm³/mol. The van der Waals surface area contributed by atoms with E-state index in [4.69, 9.17) is 9.47 Å². The highest BCUT2D eigenvalue weighted by Gasteiger charge is 2.44. The summed E-state index contributed by atoms with van der Waals surface area (Å²) in [5.41, 5.74) is 1.49. The molecule has 0 unspecified atom stereocenters. The van der Waals surface area contributed by atoms with Crippen LogP contribution in [0.4, 0.5) is 4.39 Å². The molecule has 2 aromatic rings. The van der Waals surface area contributed by atoms with E-state index in [-0.39, 0.29) is 17.7 Å². The van der Waals surface area contributed by atoms with Crippen LogP contribution in [0, 0.1) is 24.6 Å². The van der Waals surface area contributed by atoms with Crippen molar-refractivity contribution in [2.45, 2.75) is 32.0 Å². The van der Waals surface area contributed by atoms with E-state index in [1.54, 1.807) is 42.2 Å². The van der Waals surface area contributed by atoms with E-state index in [1.807, 2.05) is 0 Å². The van der Waals surface area contributed by atoms with Crippen LogP contribution in [0.3, 0.4) is 0 Å². The Morgan fingerprint density at radius 2 is 1.71 bits per heavy atom. The Kier molecular flexibility index (Phi) is 5.96. The summed E-state index contributed by atoms with van der Waals surface area (Å²) < 4.78 is 24.4. The number of fused-ring (bicyclic) bond motifs is 1. The number of ether oxygens (including phenoxy) is 2. The van der Waals surface area contributed by atoms with Gasteiger partial charge in [-0.2, -0.15) is 0 Å². The van der Waals surface area contributed by atoms with Gasteiger partial charge >= 0.3 is 5.97 Å². The zero-order valence-corrected chi connectivity index (χ0v) is 17.6. The van der Waals surface area contributed by atoms with E-state index in [2.05, 4.69) is 0 Å². The van der Waals surface area contributed by atoms with Gasteiger partial charge in [-0.05, 0) is 79.6 Å².